The van der Waals surface area contributed by atoms with E-state index in [1.807, 2.05) is 19.2 Å². The molecule has 0 saturated carbocycles. The van der Waals surface area contributed by atoms with Crippen molar-refractivity contribution in [3.63, 3.8) is 0 Å². The summed E-state index contributed by atoms with van der Waals surface area (Å²) in [6.07, 6.45) is 0. The summed E-state index contributed by atoms with van der Waals surface area (Å²) >= 11 is 0. The lowest BCUT2D eigenvalue weighted by Gasteiger charge is -2.07. The highest BCUT2D eigenvalue weighted by molar-refractivity contribution is 5.45. The van der Waals surface area contributed by atoms with Gasteiger partial charge in [-0.3, -0.25) is 0 Å². The molecule has 0 unspecified atom stereocenters. The van der Waals surface area contributed by atoms with Crippen LogP contribution in [-0.4, -0.2) is 27.3 Å². The van der Waals surface area contributed by atoms with Crippen molar-refractivity contribution < 1.29 is 9.47 Å². The Kier molecular flexibility index (Phi) is 5.34. The minimum absolute atomic E-state index is 0.531. The Morgan fingerprint density at radius 3 is 2.88 bits per heavy atom. The van der Waals surface area contributed by atoms with Gasteiger partial charge >= 0.3 is 0 Å². The number of likely N-dealkylation sites (N-methyl/N-ethyl adjacent to an activating group) is 1. The van der Waals surface area contributed by atoms with Gasteiger partial charge in [-0.1, -0.05) is 6.07 Å². The lowest BCUT2D eigenvalue weighted by Crippen LogP contribution is -2.14. The first kappa shape index (κ1) is 12.5. The maximum Gasteiger partial charge on any atom is 0.136 e. The lowest BCUT2D eigenvalue weighted by atomic mass is 10.1. The fourth-order valence-electron chi connectivity index (χ4n) is 1.28. The van der Waals surface area contributed by atoms with Crippen LogP contribution in [0.2, 0.25) is 0 Å². The molecule has 0 saturated heterocycles. The lowest BCUT2D eigenvalue weighted by molar-refractivity contribution is 0.124. The zero-order valence-electron chi connectivity index (χ0n) is 9.62. The van der Waals surface area contributed by atoms with E-state index in [0.29, 0.717) is 24.5 Å². The van der Waals surface area contributed by atoms with Crippen LogP contribution in [0.15, 0.2) is 18.2 Å². The largest absolute Gasteiger partial charge is 0.495 e. The molecule has 0 amide bonds. The second-order valence-electron chi connectivity index (χ2n) is 3.30. The van der Waals surface area contributed by atoms with Crippen LogP contribution < -0.4 is 10.1 Å². The standard InChI is InChI=1S/C12H16N2O2/c1-14-5-6-16-9-10-3-4-11(8-13)12(7-10)15-2/h3-4,7,14H,5-6,9H2,1-2H3. The normalized spacial score (nSPS) is 9.81. The van der Waals surface area contributed by atoms with E-state index in [0.717, 1.165) is 12.1 Å². The van der Waals surface area contributed by atoms with Gasteiger partial charge in [0.25, 0.3) is 0 Å². The van der Waals surface area contributed by atoms with Crippen LogP contribution in [0.4, 0.5) is 0 Å². The highest BCUT2D eigenvalue weighted by Gasteiger charge is 2.03. The van der Waals surface area contributed by atoms with Gasteiger partial charge in [0.1, 0.15) is 11.8 Å². The monoisotopic (exact) mass is 220 g/mol. The van der Waals surface area contributed by atoms with Crippen LogP contribution in [-0.2, 0) is 11.3 Å². The molecular formula is C12H16N2O2. The van der Waals surface area contributed by atoms with Gasteiger partial charge in [0.2, 0.25) is 0 Å². The summed E-state index contributed by atoms with van der Waals surface area (Å²) in [6.45, 7) is 2.02. The number of methoxy groups -OCH3 is 1. The van der Waals surface area contributed by atoms with E-state index in [1.54, 1.807) is 13.2 Å². The molecule has 0 fully saturated rings. The van der Waals surface area contributed by atoms with Gasteiger partial charge in [0.15, 0.2) is 0 Å². The van der Waals surface area contributed by atoms with Crippen molar-refractivity contribution in [1.29, 1.82) is 5.26 Å². The van der Waals surface area contributed by atoms with E-state index in [9.17, 15) is 0 Å². The quantitative estimate of drug-likeness (QED) is 0.734. The number of ether oxygens (including phenoxy) is 2. The third-order valence-corrected chi connectivity index (χ3v) is 2.15. The van der Waals surface area contributed by atoms with Crippen LogP contribution in [0.1, 0.15) is 11.1 Å². The molecule has 4 heteroatoms. The van der Waals surface area contributed by atoms with Crippen molar-refractivity contribution in [2.75, 3.05) is 27.3 Å². The van der Waals surface area contributed by atoms with E-state index >= 15 is 0 Å². The van der Waals surface area contributed by atoms with E-state index < -0.39 is 0 Å². The molecule has 16 heavy (non-hydrogen) atoms. The smallest absolute Gasteiger partial charge is 0.136 e. The second-order valence-corrected chi connectivity index (χ2v) is 3.30. The summed E-state index contributed by atoms with van der Waals surface area (Å²) in [6, 6.07) is 7.53. The van der Waals surface area contributed by atoms with E-state index in [2.05, 4.69) is 11.4 Å². The predicted octanol–water partition coefficient (Wildman–Crippen LogP) is 1.30. The Hall–Kier alpha value is -1.57. The van der Waals surface area contributed by atoms with Crippen LogP contribution in [0.25, 0.3) is 0 Å². The molecule has 0 aromatic heterocycles. The van der Waals surface area contributed by atoms with Crippen molar-refractivity contribution in [2.24, 2.45) is 0 Å². The van der Waals surface area contributed by atoms with Crippen LogP contribution >= 0.6 is 0 Å². The van der Waals surface area contributed by atoms with Crippen molar-refractivity contribution >= 4 is 0 Å². The minimum Gasteiger partial charge on any atom is -0.495 e. The highest BCUT2D eigenvalue weighted by Crippen LogP contribution is 2.19. The summed E-state index contributed by atoms with van der Waals surface area (Å²) in [5.41, 5.74) is 1.55. The molecule has 0 aliphatic carbocycles. The van der Waals surface area contributed by atoms with E-state index in [4.69, 9.17) is 14.7 Å². The summed E-state index contributed by atoms with van der Waals surface area (Å²) < 4.78 is 10.5. The van der Waals surface area contributed by atoms with Gasteiger partial charge in [0, 0.05) is 6.54 Å². The number of nitrogens with zero attached hydrogens (tertiary/aromatic N) is 1. The average molecular weight is 220 g/mol. The Balaban J connectivity index is 2.58. The number of hydrogen-bond acceptors (Lipinski definition) is 4. The summed E-state index contributed by atoms with van der Waals surface area (Å²) in [5.74, 6) is 0.595. The van der Waals surface area contributed by atoms with Crippen LogP contribution in [0, 0.1) is 11.3 Å². The Morgan fingerprint density at radius 2 is 2.25 bits per heavy atom. The summed E-state index contributed by atoms with van der Waals surface area (Å²) in [7, 11) is 3.44. The van der Waals surface area contributed by atoms with Gasteiger partial charge in [0.05, 0.1) is 25.9 Å². The molecule has 1 rings (SSSR count). The fraction of sp³-hybridized carbons (Fsp3) is 0.417. The van der Waals surface area contributed by atoms with Gasteiger partial charge in [-0.05, 0) is 24.7 Å². The first-order chi connectivity index (χ1) is 7.81. The second kappa shape index (κ2) is 6.83. The maximum absolute atomic E-state index is 8.82. The fourth-order valence-corrected chi connectivity index (χ4v) is 1.28. The molecule has 0 atom stereocenters. The Bertz CT molecular complexity index is 372. The third kappa shape index (κ3) is 3.54. The van der Waals surface area contributed by atoms with Gasteiger partial charge in [-0.2, -0.15) is 5.26 Å². The van der Waals surface area contributed by atoms with Crippen LogP contribution in [0.5, 0.6) is 5.75 Å². The van der Waals surface area contributed by atoms with Crippen LogP contribution in [0.3, 0.4) is 0 Å². The van der Waals surface area contributed by atoms with Crippen molar-refractivity contribution in [1.82, 2.24) is 5.32 Å². The summed E-state index contributed by atoms with van der Waals surface area (Å²) in [5, 5.41) is 11.8. The Morgan fingerprint density at radius 1 is 1.44 bits per heavy atom. The first-order valence-corrected chi connectivity index (χ1v) is 5.11. The number of rotatable bonds is 6. The molecule has 0 heterocycles. The van der Waals surface area contributed by atoms with Gasteiger partial charge in [-0.15, -0.1) is 0 Å². The molecule has 0 spiro atoms. The number of hydrogen-bond donors (Lipinski definition) is 1. The molecule has 1 aromatic rings. The van der Waals surface area contributed by atoms with Crippen molar-refractivity contribution in [3.05, 3.63) is 29.3 Å². The zero-order valence-corrected chi connectivity index (χ0v) is 9.62. The van der Waals surface area contributed by atoms with Gasteiger partial charge in [-0.25, -0.2) is 0 Å². The molecule has 0 radical (unpaired) electrons. The molecule has 0 aliphatic heterocycles. The molecule has 0 aliphatic rings. The van der Waals surface area contributed by atoms with E-state index in [-0.39, 0.29) is 0 Å². The predicted molar refractivity (Wildman–Crippen MR) is 61.3 cm³/mol. The highest BCUT2D eigenvalue weighted by atomic mass is 16.5. The third-order valence-electron chi connectivity index (χ3n) is 2.15. The summed E-state index contributed by atoms with van der Waals surface area (Å²) in [4.78, 5) is 0. The van der Waals surface area contributed by atoms with Gasteiger partial charge < -0.3 is 14.8 Å². The Labute approximate surface area is 95.8 Å². The molecule has 86 valence electrons. The molecule has 4 nitrogen and oxygen atoms in total. The molecule has 1 aromatic carbocycles. The van der Waals surface area contributed by atoms with E-state index in [1.165, 1.54) is 0 Å². The number of benzene rings is 1. The molecule has 0 bridgehead atoms. The number of nitrogens with one attached hydrogen (secondary N) is 1. The number of nitriles is 1. The minimum atomic E-state index is 0.531. The molecular weight excluding hydrogens is 204 g/mol. The zero-order chi connectivity index (χ0) is 11.8. The maximum atomic E-state index is 8.82. The van der Waals surface area contributed by atoms with Crippen molar-refractivity contribution in [3.8, 4) is 11.8 Å². The molecule has 1 N–H and O–H groups in total. The topological polar surface area (TPSA) is 54.3 Å². The SMILES string of the molecule is CNCCOCc1ccc(C#N)c(OC)c1. The first-order valence-electron chi connectivity index (χ1n) is 5.11. The van der Waals surface area contributed by atoms with Crippen molar-refractivity contribution in [2.45, 2.75) is 6.61 Å². The average Bonchev–Trinajstić information content (AvgIpc) is 2.34.